The summed E-state index contributed by atoms with van der Waals surface area (Å²) in [5.74, 6) is -0.0315. The van der Waals surface area contributed by atoms with E-state index in [9.17, 15) is 9.59 Å². The van der Waals surface area contributed by atoms with E-state index in [1.165, 1.54) is 17.5 Å². The molecule has 0 N–H and O–H groups in total. The average Bonchev–Trinajstić information content (AvgIpc) is 2.81. The van der Waals surface area contributed by atoms with Crippen molar-refractivity contribution in [2.75, 3.05) is 6.61 Å². The van der Waals surface area contributed by atoms with Gasteiger partial charge in [-0.15, -0.1) is 0 Å². The highest BCUT2D eigenvalue weighted by Gasteiger charge is 2.15. The van der Waals surface area contributed by atoms with Gasteiger partial charge in [-0.25, -0.2) is 4.79 Å². The summed E-state index contributed by atoms with van der Waals surface area (Å²) >= 11 is 0. The lowest BCUT2D eigenvalue weighted by Gasteiger charge is -2.16. The van der Waals surface area contributed by atoms with Gasteiger partial charge in [-0.05, 0) is 72.7 Å². The molecule has 0 radical (unpaired) electrons. The van der Waals surface area contributed by atoms with Crippen molar-refractivity contribution in [2.45, 2.75) is 32.3 Å². The normalized spacial score (nSPS) is 12.7. The van der Waals surface area contributed by atoms with Gasteiger partial charge >= 0.3 is 5.97 Å². The first kappa shape index (κ1) is 19.9. The first-order chi connectivity index (χ1) is 14.7. The van der Waals surface area contributed by atoms with Crippen LogP contribution in [-0.4, -0.2) is 18.4 Å². The summed E-state index contributed by atoms with van der Waals surface area (Å²) in [5.41, 5.74) is 4.63. The largest absolute Gasteiger partial charge is 0.489 e. The number of carbonyl (C=O) groups excluding carboxylic acids is 2. The summed E-state index contributed by atoms with van der Waals surface area (Å²) in [5, 5.41) is 0. The third kappa shape index (κ3) is 4.95. The molecule has 3 aromatic carbocycles. The van der Waals surface area contributed by atoms with E-state index in [4.69, 9.17) is 9.47 Å². The van der Waals surface area contributed by atoms with E-state index in [0.29, 0.717) is 23.5 Å². The number of fused-ring (bicyclic) bond motifs is 1. The maximum Gasteiger partial charge on any atom is 0.338 e. The number of ether oxygens (including phenoxy) is 2. The summed E-state index contributed by atoms with van der Waals surface area (Å²) in [6.45, 7) is 0.198. The Morgan fingerprint density at radius 1 is 0.767 bits per heavy atom. The highest BCUT2D eigenvalue weighted by molar-refractivity contribution is 5.99. The van der Waals surface area contributed by atoms with Crippen LogP contribution in [0.15, 0.2) is 72.8 Å². The van der Waals surface area contributed by atoms with Crippen LogP contribution >= 0.6 is 0 Å². The second-order valence-electron chi connectivity index (χ2n) is 7.49. The van der Waals surface area contributed by atoms with E-state index in [1.54, 1.807) is 24.3 Å². The lowest BCUT2D eigenvalue weighted by molar-refractivity contribution is 0.0474. The van der Waals surface area contributed by atoms with Gasteiger partial charge in [0, 0.05) is 5.56 Å². The molecule has 0 saturated heterocycles. The average molecular weight is 400 g/mol. The van der Waals surface area contributed by atoms with Crippen molar-refractivity contribution in [3.8, 4) is 5.75 Å². The molecule has 0 aromatic heterocycles. The molecule has 0 unspecified atom stereocenters. The first-order valence-electron chi connectivity index (χ1n) is 10.3. The summed E-state index contributed by atoms with van der Waals surface area (Å²) in [4.78, 5) is 24.7. The molecule has 0 saturated carbocycles. The molecular formula is C26H24O4. The standard InChI is InChI=1S/C26H24O4/c27-25(23-11-10-20-8-4-5-9-22(20)16-23)18-30-26(28)21-12-14-24(15-13-21)29-17-19-6-2-1-3-7-19/h1-3,6-7,10-16H,4-5,8-9,17-18H2. The van der Waals surface area contributed by atoms with Crippen LogP contribution in [0.3, 0.4) is 0 Å². The SMILES string of the molecule is O=C(COC(=O)c1ccc(OCc2ccccc2)cc1)c1ccc2c(c1)CCCC2. The van der Waals surface area contributed by atoms with Gasteiger partial charge in [0.2, 0.25) is 0 Å². The summed E-state index contributed by atoms with van der Waals surface area (Å²) < 4.78 is 11.0. The number of carbonyl (C=O) groups is 2. The minimum Gasteiger partial charge on any atom is -0.489 e. The Hall–Kier alpha value is -3.40. The van der Waals surface area contributed by atoms with E-state index in [1.807, 2.05) is 48.5 Å². The lowest BCUT2D eigenvalue weighted by Crippen LogP contribution is -2.15. The number of aryl methyl sites for hydroxylation is 2. The Balaban J connectivity index is 1.30. The van der Waals surface area contributed by atoms with Crippen LogP contribution in [-0.2, 0) is 24.2 Å². The van der Waals surface area contributed by atoms with Crippen LogP contribution in [0, 0.1) is 0 Å². The molecule has 4 heteroatoms. The van der Waals surface area contributed by atoms with Crippen molar-refractivity contribution in [3.05, 3.63) is 101 Å². The van der Waals surface area contributed by atoms with Gasteiger partial charge in [-0.3, -0.25) is 4.79 Å². The molecular weight excluding hydrogens is 376 g/mol. The van der Waals surface area contributed by atoms with E-state index >= 15 is 0 Å². The van der Waals surface area contributed by atoms with Crippen molar-refractivity contribution in [3.63, 3.8) is 0 Å². The van der Waals surface area contributed by atoms with Gasteiger partial charge in [-0.2, -0.15) is 0 Å². The van der Waals surface area contributed by atoms with Crippen LogP contribution < -0.4 is 4.74 Å². The number of Topliss-reactive ketones (excluding diaryl/α,β-unsaturated/α-hetero) is 1. The summed E-state index contributed by atoms with van der Waals surface area (Å²) in [6, 6.07) is 22.4. The van der Waals surface area contributed by atoms with Gasteiger partial charge < -0.3 is 9.47 Å². The number of ketones is 1. The molecule has 0 fully saturated rings. The Morgan fingerprint density at radius 2 is 1.47 bits per heavy atom. The maximum atomic E-state index is 12.4. The molecule has 0 spiro atoms. The molecule has 152 valence electrons. The van der Waals surface area contributed by atoms with E-state index < -0.39 is 5.97 Å². The molecule has 4 nitrogen and oxygen atoms in total. The van der Waals surface area contributed by atoms with Crippen LogP contribution in [0.25, 0.3) is 0 Å². The van der Waals surface area contributed by atoms with Gasteiger partial charge in [-0.1, -0.05) is 42.5 Å². The van der Waals surface area contributed by atoms with Crippen molar-refractivity contribution < 1.29 is 19.1 Å². The molecule has 0 heterocycles. The lowest BCUT2D eigenvalue weighted by atomic mass is 9.90. The minimum atomic E-state index is -0.518. The van der Waals surface area contributed by atoms with Crippen molar-refractivity contribution >= 4 is 11.8 Å². The Morgan fingerprint density at radius 3 is 2.23 bits per heavy atom. The third-order valence-corrected chi connectivity index (χ3v) is 5.34. The van der Waals surface area contributed by atoms with Crippen molar-refractivity contribution in [1.29, 1.82) is 0 Å². The molecule has 4 rings (SSSR count). The Bertz CT molecular complexity index is 1020. The number of rotatable bonds is 7. The number of hydrogen-bond acceptors (Lipinski definition) is 4. The fourth-order valence-corrected chi connectivity index (χ4v) is 3.63. The molecule has 30 heavy (non-hydrogen) atoms. The van der Waals surface area contributed by atoms with Crippen LogP contribution in [0.5, 0.6) is 5.75 Å². The highest BCUT2D eigenvalue weighted by Crippen LogP contribution is 2.22. The number of benzene rings is 3. The predicted octanol–water partition coefficient (Wildman–Crippen LogP) is 5.18. The topological polar surface area (TPSA) is 52.6 Å². The van der Waals surface area contributed by atoms with Crippen molar-refractivity contribution in [1.82, 2.24) is 0 Å². The first-order valence-corrected chi connectivity index (χ1v) is 10.3. The van der Waals surface area contributed by atoms with Gasteiger partial charge in [0.15, 0.2) is 12.4 Å². The van der Waals surface area contributed by atoms with Gasteiger partial charge in [0.25, 0.3) is 0 Å². The zero-order chi connectivity index (χ0) is 20.8. The molecule has 0 atom stereocenters. The second-order valence-corrected chi connectivity index (χ2v) is 7.49. The summed E-state index contributed by atoms with van der Waals surface area (Å²) in [6.07, 6.45) is 4.44. The number of esters is 1. The van der Waals surface area contributed by atoms with E-state index in [-0.39, 0.29) is 12.4 Å². The Labute approximate surface area is 176 Å². The van der Waals surface area contributed by atoms with Crippen LogP contribution in [0.1, 0.15) is 50.2 Å². The molecule has 0 aliphatic heterocycles. The highest BCUT2D eigenvalue weighted by atomic mass is 16.5. The minimum absolute atomic E-state index is 0.181. The third-order valence-electron chi connectivity index (χ3n) is 5.34. The number of hydrogen-bond donors (Lipinski definition) is 0. The predicted molar refractivity (Wildman–Crippen MR) is 115 cm³/mol. The molecule has 3 aromatic rings. The summed E-state index contributed by atoms with van der Waals surface area (Å²) in [7, 11) is 0. The van der Waals surface area contributed by atoms with Gasteiger partial charge in [0.05, 0.1) is 5.56 Å². The van der Waals surface area contributed by atoms with Crippen LogP contribution in [0.2, 0.25) is 0 Å². The zero-order valence-electron chi connectivity index (χ0n) is 16.8. The smallest absolute Gasteiger partial charge is 0.338 e. The van der Waals surface area contributed by atoms with E-state index in [2.05, 4.69) is 0 Å². The fourth-order valence-electron chi connectivity index (χ4n) is 3.63. The molecule has 1 aliphatic carbocycles. The van der Waals surface area contributed by atoms with E-state index in [0.717, 1.165) is 24.8 Å². The zero-order valence-corrected chi connectivity index (χ0v) is 16.8. The fraction of sp³-hybridized carbons (Fsp3) is 0.231. The Kier molecular flexibility index (Phi) is 6.23. The quantitative estimate of drug-likeness (QED) is 0.405. The molecule has 0 amide bonds. The van der Waals surface area contributed by atoms with Crippen molar-refractivity contribution in [2.24, 2.45) is 0 Å². The maximum absolute atomic E-state index is 12.4. The molecule has 0 bridgehead atoms. The second kappa shape index (κ2) is 9.40. The monoisotopic (exact) mass is 400 g/mol. The van der Waals surface area contributed by atoms with Gasteiger partial charge in [0.1, 0.15) is 12.4 Å². The molecule has 1 aliphatic rings. The van der Waals surface area contributed by atoms with Crippen LogP contribution in [0.4, 0.5) is 0 Å².